The first-order valence-electron chi connectivity index (χ1n) is 13.7. The van der Waals surface area contributed by atoms with Gasteiger partial charge in [0.15, 0.2) is 6.20 Å². The summed E-state index contributed by atoms with van der Waals surface area (Å²) in [6.45, 7) is 13.8. The van der Waals surface area contributed by atoms with Crippen molar-refractivity contribution in [2.24, 2.45) is 7.05 Å². The third-order valence-electron chi connectivity index (χ3n) is 7.62. The van der Waals surface area contributed by atoms with Gasteiger partial charge in [-0.25, -0.2) is 0 Å². The smallest absolute Gasteiger partial charge is 0.230 e. The fraction of sp³-hybridized carbons (Fsp3) is 0.250. The Balaban J connectivity index is 1.81. The van der Waals surface area contributed by atoms with Gasteiger partial charge in [-0.15, -0.1) is 0 Å². The van der Waals surface area contributed by atoms with E-state index in [1.807, 2.05) is 0 Å². The van der Waals surface area contributed by atoms with Gasteiger partial charge in [0, 0.05) is 17.8 Å². The summed E-state index contributed by atoms with van der Waals surface area (Å²) < 4.78 is 4.78. The molecule has 192 valence electrons. The number of rotatable bonds is 6. The molecule has 2 aromatic heterocycles. The Bertz CT molecular complexity index is 1540. The fourth-order valence-corrected chi connectivity index (χ4v) is 5.63. The molecule has 0 spiro atoms. The van der Waals surface area contributed by atoms with E-state index in [4.69, 9.17) is 0 Å². The molecule has 3 aromatic carbocycles. The first-order valence-corrected chi connectivity index (χ1v) is 13.7. The molecule has 0 unspecified atom stereocenters. The number of hydrogen-bond acceptors (Lipinski definition) is 0. The van der Waals surface area contributed by atoms with E-state index in [1.54, 1.807) is 0 Å². The van der Waals surface area contributed by atoms with Crippen molar-refractivity contribution in [3.05, 3.63) is 120 Å². The lowest BCUT2D eigenvalue weighted by Gasteiger charge is -2.25. The van der Waals surface area contributed by atoms with Crippen LogP contribution in [0.2, 0.25) is 0 Å². The number of benzene rings is 3. The third kappa shape index (κ3) is 4.72. The average Bonchev–Trinajstić information content (AvgIpc) is 3.21. The van der Waals surface area contributed by atoms with Crippen LogP contribution in [0.5, 0.6) is 0 Å². The molecule has 2 heteroatoms. The van der Waals surface area contributed by atoms with Crippen LogP contribution < -0.4 is 4.57 Å². The zero-order valence-electron chi connectivity index (χ0n) is 23.8. The fourth-order valence-electron chi connectivity index (χ4n) is 5.63. The molecule has 5 aromatic rings. The Hall–Kier alpha value is -3.91. The molecule has 0 fully saturated rings. The minimum absolute atomic E-state index is 0.380. The van der Waals surface area contributed by atoms with Crippen LogP contribution in [0.1, 0.15) is 61.9 Å². The van der Waals surface area contributed by atoms with Gasteiger partial charge in [-0.1, -0.05) is 88.4 Å². The molecule has 38 heavy (non-hydrogen) atoms. The SMILES string of the molecule is Cc1cc(C)n(-c2c(C(C)C)cc(-c3ccccc3)cc2C(C)C)c1-c1cc(-c2ccccc2)cc[n+]1C. The van der Waals surface area contributed by atoms with E-state index in [1.165, 1.54) is 61.7 Å². The lowest BCUT2D eigenvalue weighted by molar-refractivity contribution is -0.660. The van der Waals surface area contributed by atoms with Crippen LogP contribution in [0, 0.1) is 13.8 Å². The van der Waals surface area contributed by atoms with Gasteiger partial charge in [-0.2, -0.15) is 4.57 Å². The largest absolute Gasteiger partial charge is 0.308 e. The molecule has 0 aliphatic carbocycles. The van der Waals surface area contributed by atoms with Crippen molar-refractivity contribution in [1.82, 2.24) is 4.57 Å². The Morgan fingerprint density at radius 2 is 1.13 bits per heavy atom. The molecule has 5 rings (SSSR count). The van der Waals surface area contributed by atoms with Gasteiger partial charge >= 0.3 is 0 Å². The van der Waals surface area contributed by atoms with Crippen molar-refractivity contribution < 1.29 is 4.57 Å². The normalized spacial score (nSPS) is 11.5. The average molecular weight is 500 g/mol. The third-order valence-corrected chi connectivity index (χ3v) is 7.62. The first kappa shape index (κ1) is 25.7. The number of nitrogens with zero attached hydrogens (tertiary/aromatic N) is 2. The molecule has 0 aliphatic heterocycles. The highest BCUT2D eigenvalue weighted by Crippen LogP contribution is 2.40. The Labute approximate surface area is 228 Å². The van der Waals surface area contributed by atoms with E-state index >= 15 is 0 Å². The van der Waals surface area contributed by atoms with Gasteiger partial charge in [-0.3, -0.25) is 0 Å². The van der Waals surface area contributed by atoms with Gasteiger partial charge in [0.1, 0.15) is 12.7 Å². The molecule has 2 heterocycles. The lowest BCUT2D eigenvalue weighted by Crippen LogP contribution is -2.31. The van der Waals surface area contributed by atoms with Crippen LogP contribution in [0.3, 0.4) is 0 Å². The van der Waals surface area contributed by atoms with Crippen LogP contribution in [0.4, 0.5) is 0 Å². The number of aryl methyl sites for hydroxylation is 3. The summed E-state index contributed by atoms with van der Waals surface area (Å²) in [6.07, 6.45) is 2.19. The summed E-state index contributed by atoms with van der Waals surface area (Å²) in [5, 5.41) is 0. The molecule has 0 atom stereocenters. The van der Waals surface area contributed by atoms with Crippen LogP contribution >= 0.6 is 0 Å². The standard InChI is InChI=1S/C36H39N2/c1-24(2)32-21-31(29-16-12-9-13-17-29)22-33(25(3)4)36(32)38-27(6)20-26(5)35(38)34-23-30(18-19-37(34)7)28-14-10-8-11-15-28/h8-25H,1-7H3/q+1. The molecule has 0 N–H and O–H groups in total. The molecular formula is C36H39N2+. The maximum Gasteiger partial charge on any atom is 0.230 e. The number of hydrogen-bond donors (Lipinski definition) is 0. The highest BCUT2D eigenvalue weighted by molar-refractivity contribution is 5.74. The first-order chi connectivity index (χ1) is 18.3. The van der Waals surface area contributed by atoms with Crippen molar-refractivity contribution >= 4 is 0 Å². The predicted molar refractivity (Wildman–Crippen MR) is 161 cm³/mol. The maximum atomic E-state index is 2.53. The van der Waals surface area contributed by atoms with Gasteiger partial charge in [0.05, 0.1) is 5.69 Å². The topological polar surface area (TPSA) is 8.81 Å². The molecular weight excluding hydrogens is 460 g/mol. The van der Waals surface area contributed by atoms with Gasteiger partial charge in [0.25, 0.3) is 0 Å². The van der Waals surface area contributed by atoms with Crippen molar-refractivity contribution in [2.45, 2.75) is 53.4 Å². The lowest BCUT2D eigenvalue weighted by atomic mass is 9.88. The van der Waals surface area contributed by atoms with Gasteiger partial charge < -0.3 is 4.57 Å². The van der Waals surface area contributed by atoms with E-state index in [-0.39, 0.29) is 0 Å². The van der Waals surface area contributed by atoms with Crippen molar-refractivity contribution in [3.8, 4) is 39.3 Å². The van der Waals surface area contributed by atoms with Crippen molar-refractivity contribution in [3.63, 3.8) is 0 Å². The summed E-state index contributed by atoms with van der Waals surface area (Å²) in [4.78, 5) is 0. The van der Waals surface area contributed by atoms with Crippen LogP contribution in [-0.4, -0.2) is 4.57 Å². The van der Waals surface area contributed by atoms with Crippen LogP contribution in [-0.2, 0) is 7.05 Å². The Morgan fingerprint density at radius 3 is 1.66 bits per heavy atom. The Morgan fingerprint density at radius 1 is 0.605 bits per heavy atom. The van der Waals surface area contributed by atoms with Crippen LogP contribution in [0.25, 0.3) is 39.3 Å². The molecule has 0 saturated heterocycles. The van der Waals surface area contributed by atoms with Gasteiger partial charge in [-0.05, 0) is 82.8 Å². The highest BCUT2D eigenvalue weighted by Gasteiger charge is 2.26. The van der Waals surface area contributed by atoms with E-state index in [9.17, 15) is 0 Å². The minimum atomic E-state index is 0.380. The molecule has 0 saturated carbocycles. The summed E-state index contributed by atoms with van der Waals surface area (Å²) in [7, 11) is 2.15. The second kappa shape index (κ2) is 10.5. The van der Waals surface area contributed by atoms with Crippen LogP contribution in [0.15, 0.2) is 97.2 Å². The molecule has 0 aliphatic rings. The van der Waals surface area contributed by atoms with Gasteiger partial charge in [0.2, 0.25) is 5.69 Å². The van der Waals surface area contributed by atoms with E-state index in [0.29, 0.717) is 11.8 Å². The summed E-state index contributed by atoms with van der Waals surface area (Å²) in [5.74, 6) is 0.760. The van der Waals surface area contributed by atoms with E-state index < -0.39 is 0 Å². The summed E-state index contributed by atoms with van der Waals surface area (Å²) >= 11 is 0. The predicted octanol–water partition coefficient (Wildman–Crippen LogP) is 9.17. The van der Waals surface area contributed by atoms with E-state index in [2.05, 4.69) is 155 Å². The second-order valence-electron chi connectivity index (χ2n) is 11.1. The second-order valence-corrected chi connectivity index (χ2v) is 11.1. The number of pyridine rings is 1. The highest BCUT2D eigenvalue weighted by atomic mass is 15.0. The zero-order valence-corrected chi connectivity index (χ0v) is 23.8. The molecule has 0 bridgehead atoms. The quantitative estimate of drug-likeness (QED) is 0.206. The molecule has 2 nitrogen and oxygen atoms in total. The van der Waals surface area contributed by atoms with Crippen molar-refractivity contribution in [2.75, 3.05) is 0 Å². The molecule has 0 amide bonds. The zero-order chi connectivity index (χ0) is 27.0. The van der Waals surface area contributed by atoms with Crippen molar-refractivity contribution in [1.29, 1.82) is 0 Å². The monoisotopic (exact) mass is 499 g/mol. The summed E-state index contributed by atoms with van der Waals surface area (Å²) in [5.41, 5.74) is 14.2. The molecule has 0 radical (unpaired) electrons. The maximum absolute atomic E-state index is 2.53. The summed E-state index contributed by atoms with van der Waals surface area (Å²) in [6, 6.07) is 33.2. The minimum Gasteiger partial charge on any atom is -0.308 e. The Kier molecular flexibility index (Phi) is 7.08. The number of aromatic nitrogens is 2. The van der Waals surface area contributed by atoms with E-state index in [0.717, 1.165) is 0 Å².